The van der Waals surface area contributed by atoms with Gasteiger partial charge < -0.3 is 39.5 Å². The molecule has 0 spiro atoms. The third-order valence-electron chi connectivity index (χ3n) is 2.39. The standard InChI is InChI=1S/C6H18N6O2/c1-2-4(7,8)6(11,12)5(9,10)3(13)14/h2,7-12H2,1H3,(H,13,14). The molecule has 0 aliphatic carbocycles. The van der Waals surface area contributed by atoms with Crippen molar-refractivity contribution in [3.8, 4) is 0 Å². The highest BCUT2D eigenvalue weighted by molar-refractivity contribution is 5.80. The average Bonchev–Trinajstić information content (AvgIpc) is 2.03. The molecule has 14 heavy (non-hydrogen) atoms. The largest absolute Gasteiger partial charge is 0.479 e. The van der Waals surface area contributed by atoms with Crippen molar-refractivity contribution in [2.45, 2.75) is 30.3 Å². The number of nitrogens with two attached hydrogens (primary N) is 6. The summed E-state index contributed by atoms with van der Waals surface area (Å²) < 4.78 is 0. The summed E-state index contributed by atoms with van der Waals surface area (Å²) in [5, 5.41) is 8.71. The zero-order valence-electron chi connectivity index (χ0n) is 8.03. The minimum absolute atomic E-state index is 0.128. The highest BCUT2D eigenvalue weighted by Crippen LogP contribution is 2.18. The van der Waals surface area contributed by atoms with Crippen LogP contribution >= 0.6 is 0 Å². The van der Waals surface area contributed by atoms with Crippen LogP contribution in [0.15, 0.2) is 0 Å². The molecule has 0 bridgehead atoms. The molecule has 0 rings (SSSR count). The van der Waals surface area contributed by atoms with Gasteiger partial charge in [-0.2, -0.15) is 0 Å². The van der Waals surface area contributed by atoms with Crippen molar-refractivity contribution in [1.29, 1.82) is 0 Å². The number of hydrogen-bond donors (Lipinski definition) is 7. The van der Waals surface area contributed by atoms with Crippen LogP contribution in [0.4, 0.5) is 0 Å². The molecule has 13 N–H and O–H groups in total. The van der Waals surface area contributed by atoms with Gasteiger partial charge >= 0.3 is 5.97 Å². The van der Waals surface area contributed by atoms with Crippen LogP contribution in [0.25, 0.3) is 0 Å². The summed E-state index contributed by atoms with van der Waals surface area (Å²) in [5.41, 5.74) is 26.3. The fourth-order valence-corrected chi connectivity index (χ4v) is 0.855. The molecule has 8 nitrogen and oxygen atoms in total. The van der Waals surface area contributed by atoms with E-state index >= 15 is 0 Å². The van der Waals surface area contributed by atoms with E-state index in [-0.39, 0.29) is 6.42 Å². The van der Waals surface area contributed by atoms with Gasteiger partial charge in [-0.25, -0.2) is 4.79 Å². The Hall–Kier alpha value is -0.770. The predicted octanol–water partition coefficient (Wildman–Crippen LogP) is -3.68. The zero-order chi connectivity index (χ0) is 11.8. The van der Waals surface area contributed by atoms with Gasteiger partial charge in [-0.15, -0.1) is 0 Å². The van der Waals surface area contributed by atoms with E-state index in [4.69, 9.17) is 39.5 Å². The molecule has 0 saturated carbocycles. The summed E-state index contributed by atoms with van der Waals surface area (Å²) >= 11 is 0. The molecule has 0 aromatic rings. The van der Waals surface area contributed by atoms with Gasteiger partial charge in [0, 0.05) is 0 Å². The van der Waals surface area contributed by atoms with Gasteiger partial charge in [0.15, 0.2) is 5.66 Å². The van der Waals surface area contributed by atoms with E-state index in [9.17, 15) is 4.79 Å². The molecule has 0 radical (unpaired) electrons. The molecule has 0 aliphatic heterocycles. The van der Waals surface area contributed by atoms with Gasteiger partial charge in [0.1, 0.15) is 5.66 Å². The van der Waals surface area contributed by atoms with Crippen molar-refractivity contribution >= 4 is 5.97 Å². The van der Waals surface area contributed by atoms with Crippen molar-refractivity contribution in [3.63, 3.8) is 0 Å². The molecular weight excluding hydrogens is 188 g/mol. The van der Waals surface area contributed by atoms with Crippen LogP contribution < -0.4 is 34.4 Å². The van der Waals surface area contributed by atoms with E-state index in [1.54, 1.807) is 6.92 Å². The van der Waals surface area contributed by atoms with E-state index in [1.807, 2.05) is 0 Å². The van der Waals surface area contributed by atoms with Gasteiger partial charge in [0.25, 0.3) is 0 Å². The van der Waals surface area contributed by atoms with Crippen LogP contribution in [-0.4, -0.2) is 28.1 Å². The number of carboxylic acids is 1. The first-order valence-corrected chi connectivity index (χ1v) is 3.97. The monoisotopic (exact) mass is 206 g/mol. The highest BCUT2D eigenvalue weighted by atomic mass is 16.4. The fourth-order valence-electron chi connectivity index (χ4n) is 0.855. The van der Waals surface area contributed by atoms with Crippen LogP contribution in [0.1, 0.15) is 13.3 Å². The molecule has 0 saturated heterocycles. The Labute approximate surface area is 81.6 Å². The average molecular weight is 206 g/mol. The van der Waals surface area contributed by atoms with Crippen LogP contribution in [0.5, 0.6) is 0 Å². The number of carbonyl (C=O) groups is 1. The number of carboxylic acid groups (broad SMARTS) is 1. The molecule has 0 aliphatic rings. The maximum Gasteiger partial charge on any atom is 0.342 e. The Morgan fingerprint density at radius 1 is 1.14 bits per heavy atom. The summed E-state index contributed by atoms with van der Waals surface area (Å²) in [5.74, 6) is -1.57. The second-order valence-electron chi connectivity index (χ2n) is 3.44. The summed E-state index contributed by atoms with van der Waals surface area (Å²) in [4.78, 5) is 10.7. The second kappa shape index (κ2) is 3.42. The summed E-state index contributed by atoms with van der Waals surface area (Å²) in [7, 11) is 0. The molecule has 0 unspecified atom stereocenters. The SMILES string of the molecule is CCC(N)(N)C(N)(N)C(N)(N)C(=O)O. The Bertz CT molecular complexity index is 236. The maximum atomic E-state index is 10.7. The lowest BCUT2D eigenvalue weighted by atomic mass is 9.82. The second-order valence-corrected chi connectivity index (χ2v) is 3.44. The van der Waals surface area contributed by atoms with Crippen LogP contribution in [-0.2, 0) is 4.79 Å². The predicted molar refractivity (Wildman–Crippen MR) is 51.2 cm³/mol. The molecule has 0 atom stereocenters. The first-order valence-electron chi connectivity index (χ1n) is 3.97. The first kappa shape index (κ1) is 13.2. The number of hydrogen-bond acceptors (Lipinski definition) is 7. The first-order chi connectivity index (χ1) is 6.00. The van der Waals surface area contributed by atoms with Crippen molar-refractivity contribution in [1.82, 2.24) is 0 Å². The van der Waals surface area contributed by atoms with Gasteiger partial charge in [0.2, 0.25) is 0 Å². The van der Waals surface area contributed by atoms with Crippen molar-refractivity contribution < 1.29 is 9.90 Å². The molecule has 0 aromatic carbocycles. The Morgan fingerprint density at radius 3 is 1.71 bits per heavy atom. The van der Waals surface area contributed by atoms with E-state index in [0.717, 1.165) is 0 Å². The van der Waals surface area contributed by atoms with E-state index < -0.39 is 23.0 Å². The lowest BCUT2D eigenvalue weighted by Crippen LogP contribution is -2.91. The third kappa shape index (κ3) is 1.71. The normalized spacial score (nSPS) is 14.2. The van der Waals surface area contributed by atoms with Crippen LogP contribution in [0, 0.1) is 0 Å². The Morgan fingerprint density at radius 2 is 1.50 bits per heavy atom. The quantitative estimate of drug-likeness (QED) is 0.228. The lowest BCUT2D eigenvalue weighted by molar-refractivity contribution is -0.147. The fraction of sp³-hybridized carbons (Fsp3) is 0.833. The lowest BCUT2D eigenvalue weighted by Gasteiger charge is -2.46. The summed E-state index contributed by atoms with van der Waals surface area (Å²) in [6.07, 6.45) is 0.128. The zero-order valence-corrected chi connectivity index (χ0v) is 8.03. The molecule has 8 heteroatoms. The molecule has 0 aromatic heterocycles. The number of aliphatic carboxylic acids is 1. The van der Waals surface area contributed by atoms with Gasteiger partial charge in [-0.3, -0.25) is 0 Å². The van der Waals surface area contributed by atoms with Gasteiger partial charge in [0.05, 0.1) is 5.66 Å². The van der Waals surface area contributed by atoms with Crippen molar-refractivity contribution in [2.24, 2.45) is 34.4 Å². The van der Waals surface area contributed by atoms with Crippen LogP contribution in [0.3, 0.4) is 0 Å². The molecule has 0 fully saturated rings. The van der Waals surface area contributed by atoms with Crippen LogP contribution in [0.2, 0.25) is 0 Å². The van der Waals surface area contributed by atoms with E-state index in [2.05, 4.69) is 0 Å². The summed E-state index contributed by atoms with van der Waals surface area (Å²) in [6.45, 7) is 1.59. The maximum absolute atomic E-state index is 10.7. The smallest absolute Gasteiger partial charge is 0.342 e. The molecule has 0 amide bonds. The minimum Gasteiger partial charge on any atom is -0.479 e. The topological polar surface area (TPSA) is 193 Å². The highest BCUT2D eigenvalue weighted by Gasteiger charge is 2.56. The van der Waals surface area contributed by atoms with Gasteiger partial charge in [-0.05, 0) is 6.42 Å². The van der Waals surface area contributed by atoms with E-state index in [1.165, 1.54) is 0 Å². The van der Waals surface area contributed by atoms with Crippen molar-refractivity contribution in [2.75, 3.05) is 0 Å². The third-order valence-corrected chi connectivity index (χ3v) is 2.39. The summed E-state index contributed by atoms with van der Waals surface area (Å²) in [6, 6.07) is 0. The van der Waals surface area contributed by atoms with E-state index in [0.29, 0.717) is 0 Å². The van der Waals surface area contributed by atoms with Gasteiger partial charge in [-0.1, -0.05) is 6.92 Å². The minimum atomic E-state index is -2.40. The Kier molecular flexibility index (Phi) is 3.23. The molecule has 0 heterocycles. The Balaban J connectivity index is 5.24. The van der Waals surface area contributed by atoms with Crippen molar-refractivity contribution in [3.05, 3.63) is 0 Å². The molecule has 84 valence electrons. The molecular formula is C6H18N6O2. The number of rotatable bonds is 4.